The number of carbonyl (C=O) groups is 1. The van der Waals surface area contributed by atoms with E-state index in [1.165, 1.54) is 25.3 Å². The maximum Gasteiger partial charge on any atom is 0.248 e. The molecule has 24 heavy (non-hydrogen) atoms. The first-order chi connectivity index (χ1) is 11.7. The van der Waals surface area contributed by atoms with Gasteiger partial charge in [-0.3, -0.25) is 9.78 Å². The molecule has 0 saturated carbocycles. The van der Waals surface area contributed by atoms with Crippen molar-refractivity contribution in [3.8, 4) is 5.75 Å². The molecule has 0 aliphatic carbocycles. The van der Waals surface area contributed by atoms with Crippen molar-refractivity contribution in [2.24, 2.45) is 0 Å². The van der Waals surface area contributed by atoms with Crippen LogP contribution >= 0.6 is 0 Å². The maximum absolute atomic E-state index is 13.6. The highest BCUT2D eigenvalue weighted by molar-refractivity contribution is 6.01. The second kappa shape index (κ2) is 6.87. The quantitative estimate of drug-likeness (QED) is 0.747. The van der Waals surface area contributed by atoms with Crippen LogP contribution in [0, 0.1) is 5.82 Å². The highest BCUT2D eigenvalue weighted by Gasteiger charge is 2.05. The van der Waals surface area contributed by atoms with Gasteiger partial charge in [0.15, 0.2) is 11.6 Å². The Balaban J connectivity index is 1.71. The molecule has 1 heterocycles. The van der Waals surface area contributed by atoms with Crippen molar-refractivity contribution in [1.82, 2.24) is 9.97 Å². The lowest BCUT2D eigenvalue weighted by molar-refractivity contribution is -0.111. The van der Waals surface area contributed by atoms with Gasteiger partial charge in [0.2, 0.25) is 5.91 Å². The largest absolute Gasteiger partial charge is 0.494 e. The molecule has 2 aromatic carbocycles. The van der Waals surface area contributed by atoms with Gasteiger partial charge >= 0.3 is 0 Å². The molecule has 5 nitrogen and oxygen atoms in total. The number of fused-ring (bicyclic) bond motifs is 1. The zero-order chi connectivity index (χ0) is 16.9. The number of ether oxygens (including phenoxy) is 1. The Morgan fingerprint density at radius 1 is 1.21 bits per heavy atom. The number of nitrogens with zero attached hydrogens (tertiary/aromatic N) is 2. The molecule has 0 atom stereocenters. The molecule has 3 rings (SSSR count). The van der Waals surface area contributed by atoms with Gasteiger partial charge in [-0.05, 0) is 30.3 Å². The molecule has 0 unspecified atom stereocenters. The first-order valence-corrected chi connectivity index (χ1v) is 7.20. The van der Waals surface area contributed by atoms with E-state index in [9.17, 15) is 9.18 Å². The van der Waals surface area contributed by atoms with E-state index < -0.39 is 11.7 Å². The summed E-state index contributed by atoms with van der Waals surface area (Å²) in [6, 6.07) is 11.7. The molecule has 1 aromatic heterocycles. The number of methoxy groups -OCH3 is 1. The Morgan fingerprint density at radius 2 is 2.00 bits per heavy atom. The van der Waals surface area contributed by atoms with Gasteiger partial charge in [-0.2, -0.15) is 0 Å². The normalized spacial score (nSPS) is 10.9. The first-order valence-electron chi connectivity index (χ1n) is 7.20. The molecule has 0 saturated heterocycles. The summed E-state index contributed by atoms with van der Waals surface area (Å²) in [5, 5.41) is 2.57. The van der Waals surface area contributed by atoms with Crippen molar-refractivity contribution in [3.05, 3.63) is 66.2 Å². The number of aromatic nitrogens is 2. The van der Waals surface area contributed by atoms with E-state index in [2.05, 4.69) is 15.3 Å². The van der Waals surface area contributed by atoms with Crippen LogP contribution in [0.4, 0.5) is 10.1 Å². The van der Waals surface area contributed by atoms with Crippen LogP contribution in [0.2, 0.25) is 0 Å². The Hall–Kier alpha value is -3.28. The Bertz CT molecular complexity index is 925. The SMILES string of the molecule is COc1ccc(NC(=O)C=Cc2cnc3ccccc3n2)cc1F. The molecule has 0 radical (unpaired) electrons. The van der Waals surface area contributed by atoms with Crippen LogP contribution in [0.5, 0.6) is 5.75 Å². The van der Waals surface area contributed by atoms with Crippen molar-refractivity contribution < 1.29 is 13.9 Å². The average Bonchev–Trinajstić information content (AvgIpc) is 2.60. The highest BCUT2D eigenvalue weighted by atomic mass is 19.1. The number of amides is 1. The summed E-state index contributed by atoms with van der Waals surface area (Å²) in [4.78, 5) is 20.6. The summed E-state index contributed by atoms with van der Waals surface area (Å²) < 4.78 is 18.4. The Kier molecular flexibility index (Phi) is 4.47. The second-order valence-electron chi connectivity index (χ2n) is 4.96. The fraction of sp³-hybridized carbons (Fsp3) is 0.0556. The van der Waals surface area contributed by atoms with Crippen molar-refractivity contribution in [1.29, 1.82) is 0 Å². The predicted octanol–water partition coefficient (Wildman–Crippen LogP) is 3.43. The van der Waals surface area contributed by atoms with Gasteiger partial charge in [0.25, 0.3) is 0 Å². The molecule has 0 aliphatic heterocycles. The van der Waals surface area contributed by atoms with E-state index in [0.29, 0.717) is 11.4 Å². The number of carbonyl (C=O) groups excluding carboxylic acids is 1. The molecule has 6 heteroatoms. The topological polar surface area (TPSA) is 64.1 Å². The van der Waals surface area contributed by atoms with Gasteiger partial charge in [-0.25, -0.2) is 9.37 Å². The Morgan fingerprint density at radius 3 is 2.75 bits per heavy atom. The van der Waals surface area contributed by atoms with Gasteiger partial charge in [0, 0.05) is 17.8 Å². The minimum absolute atomic E-state index is 0.120. The van der Waals surface area contributed by atoms with E-state index in [1.54, 1.807) is 18.3 Å². The van der Waals surface area contributed by atoms with Crippen molar-refractivity contribution in [2.45, 2.75) is 0 Å². The molecule has 0 bridgehead atoms. The molecular weight excluding hydrogens is 309 g/mol. The minimum Gasteiger partial charge on any atom is -0.494 e. The standard InChI is InChI=1S/C18H14FN3O2/c1-24-17-8-6-12(10-14(17)19)22-18(23)9-7-13-11-20-15-4-2-3-5-16(15)21-13/h2-11H,1H3,(H,22,23). The van der Waals surface area contributed by atoms with Gasteiger partial charge in [0.1, 0.15) is 0 Å². The van der Waals surface area contributed by atoms with Crippen molar-refractivity contribution in [3.63, 3.8) is 0 Å². The molecule has 1 N–H and O–H groups in total. The number of hydrogen-bond donors (Lipinski definition) is 1. The molecule has 1 amide bonds. The monoisotopic (exact) mass is 323 g/mol. The lowest BCUT2D eigenvalue weighted by atomic mass is 10.2. The fourth-order valence-corrected chi connectivity index (χ4v) is 2.14. The summed E-state index contributed by atoms with van der Waals surface area (Å²) in [6.07, 6.45) is 4.45. The summed E-state index contributed by atoms with van der Waals surface area (Å²) in [5.41, 5.74) is 2.43. The predicted molar refractivity (Wildman–Crippen MR) is 90.2 cm³/mol. The van der Waals surface area contributed by atoms with Crippen LogP contribution in [0.25, 0.3) is 17.1 Å². The average molecular weight is 323 g/mol. The van der Waals surface area contributed by atoms with Crippen LogP contribution in [0.15, 0.2) is 54.7 Å². The smallest absolute Gasteiger partial charge is 0.248 e. The Labute approximate surface area is 137 Å². The number of nitrogens with one attached hydrogen (secondary N) is 1. The summed E-state index contributed by atoms with van der Waals surface area (Å²) in [6.45, 7) is 0. The van der Waals surface area contributed by atoms with Gasteiger partial charge in [-0.1, -0.05) is 12.1 Å². The zero-order valence-electron chi connectivity index (χ0n) is 12.9. The van der Waals surface area contributed by atoms with Crippen LogP contribution < -0.4 is 10.1 Å². The fourth-order valence-electron chi connectivity index (χ4n) is 2.14. The van der Waals surface area contributed by atoms with Crippen molar-refractivity contribution in [2.75, 3.05) is 12.4 Å². The van der Waals surface area contributed by atoms with E-state index in [1.807, 2.05) is 24.3 Å². The highest BCUT2D eigenvalue weighted by Crippen LogP contribution is 2.20. The van der Waals surface area contributed by atoms with Crippen LogP contribution in [-0.2, 0) is 4.79 Å². The second-order valence-corrected chi connectivity index (χ2v) is 4.96. The third-order valence-electron chi connectivity index (χ3n) is 3.29. The number of hydrogen-bond acceptors (Lipinski definition) is 4. The third-order valence-corrected chi connectivity index (χ3v) is 3.29. The van der Waals surface area contributed by atoms with Crippen LogP contribution in [0.1, 0.15) is 5.69 Å². The summed E-state index contributed by atoms with van der Waals surface area (Å²) >= 11 is 0. The van der Waals surface area contributed by atoms with Crippen LogP contribution in [-0.4, -0.2) is 23.0 Å². The molecular formula is C18H14FN3O2. The number of benzene rings is 2. The minimum atomic E-state index is -0.542. The summed E-state index contributed by atoms with van der Waals surface area (Å²) in [7, 11) is 1.38. The van der Waals surface area contributed by atoms with Crippen LogP contribution in [0.3, 0.4) is 0 Å². The molecule has 0 fully saturated rings. The molecule has 0 aliphatic rings. The third kappa shape index (κ3) is 3.55. The van der Waals surface area contributed by atoms with E-state index in [0.717, 1.165) is 11.0 Å². The van der Waals surface area contributed by atoms with Gasteiger partial charge in [0.05, 0.1) is 30.0 Å². The number of anilines is 1. The van der Waals surface area contributed by atoms with Gasteiger partial charge in [-0.15, -0.1) is 0 Å². The van der Waals surface area contributed by atoms with E-state index >= 15 is 0 Å². The number of halogens is 1. The number of rotatable bonds is 4. The lowest BCUT2D eigenvalue weighted by Crippen LogP contribution is -2.08. The first kappa shape index (κ1) is 15.6. The van der Waals surface area contributed by atoms with E-state index in [-0.39, 0.29) is 5.75 Å². The summed E-state index contributed by atoms with van der Waals surface area (Å²) in [5.74, 6) is -0.816. The van der Waals surface area contributed by atoms with Crippen molar-refractivity contribution >= 4 is 28.7 Å². The van der Waals surface area contributed by atoms with Gasteiger partial charge < -0.3 is 10.1 Å². The lowest BCUT2D eigenvalue weighted by Gasteiger charge is -2.05. The zero-order valence-corrected chi connectivity index (χ0v) is 12.9. The number of para-hydroxylation sites is 2. The molecule has 0 spiro atoms. The molecule has 120 valence electrons. The molecule has 3 aromatic rings. The maximum atomic E-state index is 13.6. The van der Waals surface area contributed by atoms with E-state index in [4.69, 9.17) is 4.74 Å².